The number of amides is 2. The summed E-state index contributed by atoms with van der Waals surface area (Å²) in [6, 6.07) is 15.1. The molecule has 1 atom stereocenters. The van der Waals surface area contributed by atoms with E-state index in [1.165, 1.54) is 0 Å². The molecular weight excluding hydrogens is 436 g/mol. The summed E-state index contributed by atoms with van der Waals surface area (Å²) >= 11 is 0. The summed E-state index contributed by atoms with van der Waals surface area (Å²) < 4.78 is 5.58. The van der Waals surface area contributed by atoms with Crippen LogP contribution in [0.2, 0.25) is 0 Å². The van der Waals surface area contributed by atoms with Gasteiger partial charge in [0.1, 0.15) is 12.6 Å². The largest absolute Gasteiger partial charge is 0.480 e. The normalized spacial score (nSPS) is 16.5. The Bertz CT molecular complexity index is 1020. The molecular formula is C26H30N2O6. The molecule has 180 valence electrons. The molecule has 2 aliphatic rings. The van der Waals surface area contributed by atoms with Gasteiger partial charge in [0, 0.05) is 31.9 Å². The third-order valence-electron chi connectivity index (χ3n) is 6.95. The molecule has 4 rings (SSSR count). The van der Waals surface area contributed by atoms with Crippen LogP contribution >= 0.6 is 0 Å². The van der Waals surface area contributed by atoms with Crippen molar-refractivity contribution in [2.75, 3.05) is 19.8 Å². The first-order chi connectivity index (χ1) is 16.4. The number of hydrogen-bond donors (Lipinski definition) is 4. The molecule has 0 aromatic heterocycles. The number of aliphatic hydroxyl groups excluding tert-OH is 1. The number of carbonyl (C=O) groups excluding carboxylic acids is 2. The summed E-state index contributed by atoms with van der Waals surface area (Å²) in [4.78, 5) is 36.2. The maximum Gasteiger partial charge on any atom is 0.407 e. The summed E-state index contributed by atoms with van der Waals surface area (Å²) in [6.45, 7) is 0.176. The van der Waals surface area contributed by atoms with Crippen molar-refractivity contribution in [2.24, 2.45) is 5.41 Å². The van der Waals surface area contributed by atoms with Crippen LogP contribution in [0.4, 0.5) is 4.79 Å². The Hall–Kier alpha value is -3.39. The van der Waals surface area contributed by atoms with Gasteiger partial charge in [0.2, 0.25) is 5.91 Å². The standard InChI is InChI=1S/C26H30N2O6/c29-13-10-22(24(31)32)28-23(30)14-26(11-5-12-26)16-27-25(33)34-15-21-19-8-3-1-6-17(19)18-7-2-4-9-20(18)21/h1-4,6-9,21-22,29H,5,10-16H2,(H,27,33)(H,28,30)(H,31,32)/t22-/m0/s1. The first kappa shape index (κ1) is 23.8. The SMILES string of the molecule is O=C(CC1(CNC(=O)OCC2c3ccccc3-c3ccccc32)CCC1)N[C@@H](CCO)C(=O)O. The Morgan fingerprint density at radius 2 is 1.65 bits per heavy atom. The summed E-state index contributed by atoms with van der Waals surface area (Å²) in [5.41, 5.74) is 4.19. The molecule has 1 saturated carbocycles. The Kier molecular flexibility index (Phi) is 7.17. The highest BCUT2D eigenvalue weighted by Crippen LogP contribution is 2.45. The molecule has 2 aliphatic carbocycles. The van der Waals surface area contributed by atoms with Gasteiger partial charge in [-0.05, 0) is 40.5 Å². The number of aliphatic hydroxyl groups is 1. The van der Waals surface area contributed by atoms with E-state index in [4.69, 9.17) is 9.84 Å². The van der Waals surface area contributed by atoms with Crippen LogP contribution in [-0.2, 0) is 14.3 Å². The minimum atomic E-state index is -1.18. The van der Waals surface area contributed by atoms with Crippen LogP contribution in [0.3, 0.4) is 0 Å². The van der Waals surface area contributed by atoms with Crippen molar-refractivity contribution in [3.63, 3.8) is 0 Å². The lowest BCUT2D eigenvalue weighted by Crippen LogP contribution is -2.48. The van der Waals surface area contributed by atoms with Crippen molar-refractivity contribution >= 4 is 18.0 Å². The van der Waals surface area contributed by atoms with Gasteiger partial charge in [-0.15, -0.1) is 0 Å². The number of rotatable bonds is 10. The Morgan fingerprint density at radius 3 is 2.18 bits per heavy atom. The van der Waals surface area contributed by atoms with E-state index in [1.54, 1.807) is 0 Å². The second-order valence-electron chi connectivity index (χ2n) is 9.18. The number of alkyl carbamates (subject to hydrolysis) is 1. The smallest absolute Gasteiger partial charge is 0.407 e. The molecule has 0 bridgehead atoms. The zero-order chi connectivity index (χ0) is 24.1. The van der Waals surface area contributed by atoms with Crippen LogP contribution in [-0.4, -0.2) is 54.0 Å². The number of nitrogens with one attached hydrogen (secondary N) is 2. The molecule has 2 amide bonds. The van der Waals surface area contributed by atoms with Crippen LogP contribution in [0.1, 0.15) is 49.1 Å². The third-order valence-corrected chi connectivity index (χ3v) is 6.95. The molecule has 0 aliphatic heterocycles. The van der Waals surface area contributed by atoms with E-state index >= 15 is 0 Å². The maximum absolute atomic E-state index is 12.5. The van der Waals surface area contributed by atoms with Crippen molar-refractivity contribution in [1.29, 1.82) is 0 Å². The maximum atomic E-state index is 12.5. The monoisotopic (exact) mass is 466 g/mol. The van der Waals surface area contributed by atoms with Gasteiger partial charge in [0.15, 0.2) is 0 Å². The minimum absolute atomic E-state index is 0.0268. The van der Waals surface area contributed by atoms with Crippen LogP contribution in [0.15, 0.2) is 48.5 Å². The summed E-state index contributed by atoms with van der Waals surface area (Å²) in [6.07, 6.45) is 2.01. The molecule has 1 fully saturated rings. The number of aliphatic carboxylic acids is 1. The zero-order valence-electron chi connectivity index (χ0n) is 19.0. The van der Waals surface area contributed by atoms with E-state index in [-0.39, 0.29) is 38.5 Å². The second-order valence-corrected chi connectivity index (χ2v) is 9.18. The van der Waals surface area contributed by atoms with E-state index in [9.17, 15) is 19.5 Å². The third kappa shape index (κ3) is 5.07. The van der Waals surface area contributed by atoms with Crippen LogP contribution < -0.4 is 10.6 Å². The molecule has 8 heteroatoms. The van der Waals surface area contributed by atoms with Crippen LogP contribution in [0, 0.1) is 5.41 Å². The molecule has 2 aromatic carbocycles. The van der Waals surface area contributed by atoms with Crippen molar-refractivity contribution < 1.29 is 29.3 Å². The van der Waals surface area contributed by atoms with E-state index in [2.05, 4.69) is 34.9 Å². The second kappa shape index (κ2) is 10.3. The van der Waals surface area contributed by atoms with Crippen molar-refractivity contribution in [1.82, 2.24) is 10.6 Å². The summed E-state index contributed by atoms with van der Waals surface area (Å²) in [5.74, 6) is -1.60. The van der Waals surface area contributed by atoms with Crippen molar-refractivity contribution in [2.45, 2.75) is 44.1 Å². The number of carboxylic acids is 1. The summed E-state index contributed by atoms with van der Waals surface area (Å²) in [7, 11) is 0. The number of benzene rings is 2. The summed E-state index contributed by atoms with van der Waals surface area (Å²) in [5, 5.41) is 23.4. The molecule has 0 saturated heterocycles. The van der Waals surface area contributed by atoms with E-state index < -0.39 is 29.4 Å². The minimum Gasteiger partial charge on any atom is -0.480 e. The van der Waals surface area contributed by atoms with Crippen LogP contribution in [0.25, 0.3) is 11.1 Å². The predicted octanol–water partition coefficient (Wildman–Crippen LogP) is 3.04. The van der Waals surface area contributed by atoms with Gasteiger partial charge in [-0.25, -0.2) is 9.59 Å². The molecule has 34 heavy (non-hydrogen) atoms. The zero-order valence-corrected chi connectivity index (χ0v) is 19.0. The number of carbonyl (C=O) groups is 3. The van der Waals surface area contributed by atoms with E-state index in [0.717, 1.165) is 41.5 Å². The predicted molar refractivity (Wildman–Crippen MR) is 125 cm³/mol. The van der Waals surface area contributed by atoms with Gasteiger partial charge >= 0.3 is 12.1 Å². The van der Waals surface area contributed by atoms with Crippen LogP contribution in [0.5, 0.6) is 0 Å². The fourth-order valence-electron chi connectivity index (χ4n) is 4.97. The van der Waals surface area contributed by atoms with Gasteiger partial charge in [0.25, 0.3) is 0 Å². The Morgan fingerprint density at radius 1 is 1.03 bits per heavy atom. The van der Waals surface area contributed by atoms with Gasteiger partial charge < -0.3 is 25.6 Å². The Balaban J connectivity index is 1.31. The lowest BCUT2D eigenvalue weighted by atomic mass is 9.66. The van der Waals surface area contributed by atoms with E-state index in [0.29, 0.717) is 0 Å². The number of fused-ring (bicyclic) bond motifs is 3. The van der Waals surface area contributed by atoms with Crippen molar-refractivity contribution in [3.05, 3.63) is 59.7 Å². The lowest BCUT2D eigenvalue weighted by Gasteiger charge is -2.41. The average molecular weight is 467 g/mol. The fraction of sp³-hybridized carbons (Fsp3) is 0.423. The molecule has 0 radical (unpaired) electrons. The molecule has 8 nitrogen and oxygen atoms in total. The van der Waals surface area contributed by atoms with Gasteiger partial charge in [-0.2, -0.15) is 0 Å². The topological polar surface area (TPSA) is 125 Å². The first-order valence-corrected chi connectivity index (χ1v) is 11.6. The number of ether oxygens (including phenoxy) is 1. The lowest BCUT2D eigenvalue weighted by molar-refractivity contribution is -0.142. The quantitative estimate of drug-likeness (QED) is 0.427. The molecule has 0 heterocycles. The van der Waals surface area contributed by atoms with Gasteiger partial charge in [-0.3, -0.25) is 4.79 Å². The van der Waals surface area contributed by atoms with Gasteiger partial charge in [0.05, 0.1) is 0 Å². The highest BCUT2D eigenvalue weighted by molar-refractivity contribution is 5.84. The molecule has 4 N–H and O–H groups in total. The highest BCUT2D eigenvalue weighted by Gasteiger charge is 2.40. The molecule has 0 unspecified atom stereocenters. The van der Waals surface area contributed by atoms with E-state index in [1.807, 2.05) is 24.3 Å². The number of carboxylic acid groups (broad SMARTS) is 1. The number of hydrogen-bond acceptors (Lipinski definition) is 5. The molecule has 0 spiro atoms. The average Bonchev–Trinajstić information content (AvgIpc) is 3.12. The van der Waals surface area contributed by atoms with Crippen molar-refractivity contribution in [3.8, 4) is 11.1 Å². The Labute approximate surface area is 198 Å². The van der Waals surface area contributed by atoms with Gasteiger partial charge in [-0.1, -0.05) is 55.0 Å². The first-order valence-electron chi connectivity index (χ1n) is 11.6. The fourth-order valence-corrected chi connectivity index (χ4v) is 4.97. The highest BCUT2D eigenvalue weighted by atomic mass is 16.5. The molecule has 2 aromatic rings.